The monoisotopic (exact) mass is 340 g/mol. The SMILES string of the molecule is CC(C)(C)OC(=O)COCCCCC=Cc1cccc2ccccc12. The number of ether oxygens (including phenoxy) is 2. The van der Waals surface area contributed by atoms with Crippen molar-refractivity contribution in [3.63, 3.8) is 0 Å². The van der Waals surface area contributed by atoms with Crippen LogP contribution in [0.3, 0.4) is 0 Å². The third kappa shape index (κ3) is 7.10. The van der Waals surface area contributed by atoms with Gasteiger partial charge in [-0.15, -0.1) is 0 Å². The van der Waals surface area contributed by atoms with E-state index < -0.39 is 5.60 Å². The fraction of sp³-hybridized carbons (Fsp3) is 0.409. The predicted octanol–water partition coefficient (Wildman–Crippen LogP) is 5.38. The molecule has 3 heteroatoms. The van der Waals surface area contributed by atoms with E-state index >= 15 is 0 Å². The number of hydrogen-bond donors (Lipinski definition) is 0. The van der Waals surface area contributed by atoms with Gasteiger partial charge in [0.15, 0.2) is 0 Å². The molecule has 2 rings (SSSR count). The van der Waals surface area contributed by atoms with Crippen molar-refractivity contribution in [2.75, 3.05) is 13.2 Å². The van der Waals surface area contributed by atoms with Gasteiger partial charge >= 0.3 is 5.97 Å². The van der Waals surface area contributed by atoms with Crippen molar-refractivity contribution in [3.05, 3.63) is 54.1 Å². The van der Waals surface area contributed by atoms with Gasteiger partial charge < -0.3 is 9.47 Å². The zero-order valence-corrected chi connectivity index (χ0v) is 15.5. The van der Waals surface area contributed by atoms with Crippen molar-refractivity contribution >= 4 is 22.8 Å². The zero-order chi connectivity index (χ0) is 18.1. The summed E-state index contributed by atoms with van der Waals surface area (Å²) >= 11 is 0. The summed E-state index contributed by atoms with van der Waals surface area (Å²) < 4.78 is 10.6. The number of rotatable bonds is 8. The molecule has 0 unspecified atom stereocenters. The van der Waals surface area contributed by atoms with Crippen LogP contribution < -0.4 is 0 Å². The molecule has 2 aromatic carbocycles. The molecule has 0 radical (unpaired) electrons. The number of carbonyl (C=O) groups is 1. The van der Waals surface area contributed by atoms with Gasteiger partial charge in [0.05, 0.1) is 0 Å². The van der Waals surface area contributed by atoms with Crippen LogP contribution in [0.25, 0.3) is 16.8 Å². The van der Waals surface area contributed by atoms with Crippen LogP contribution >= 0.6 is 0 Å². The summed E-state index contributed by atoms with van der Waals surface area (Å²) in [4.78, 5) is 11.5. The first-order chi connectivity index (χ1) is 12.0. The smallest absolute Gasteiger partial charge is 0.332 e. The minimum Gasteiger partial charge on any atom is -0.458 e. The van der Waals surface area contributed by atoms with Gasteiger partial charge in [0.25, 0.3) is 0 Å². The fourth-order valence-corrected chi connectivity index (χ4v) is 2.60. The van der Waals surface area contributed by atoms with Crippen molar-refractivity contribution in [2.24, 2.45) is 0 Å². The normalized spacial score (nSPS) is 12.0. The molecular weight excluding hydrogens is 312 g/mol. The summed E-state index contributed by atoms with van der Waals surface area (Å²) in [6.45, 7) is 6.18. The van der Waals surface area contributed by atoms with Crippen LogP contribution in [0.4, 0.5) is 0 Å². The number of unbranched alkanes of at least 4 members (excludes halogenated alkanes) is 2. The highest BCUT2D eigenvalue weighted by molar-refractivity contribution is 5.90. The summed E-state index contributed by atoms with van der Waals surface area (Å²) in [6, 6.07) is 14.8. The van der Waals surface area contributed by atoms with Crippen molar-refractivity contribution in [3.8, 4) is 0 Å². The molecule has 2 aromatic rings. The molecule has 0 atom stereocenters. The Morgan fingerprint density at radius 2 is 1.80 bits per heavy atom. The molecule has 0 aliphatic carbocycles. The maximum Gasteiger partial charge on any atom is 0.332 e. The Hall–Kier alpha value is -2.13. The van der Waals surface area contributed by atoms with Gasteiger partial charge in [-0.25, -0.2) is 4.79 Å². The summed E-state index contributed by atoms with van der Waals surface area (Å²) in [5.41, 5.74) is 0.798. The van der Waals surface area contributed by atoms with E-state index in [0.717, 1.165) is 19.3 Å². The second-order valence-corrected chi connectivity index (χ2v) is 7.11. The summed E-state index contributed by atoms with van der Waals surface area (Å²) in [5.74, 6) is -0.302. The molecule has 0 N–H and O–H groups in total. The standard InChI is InChI=1S/C22H28O3/c1-22(2,3)25-21(23)17-24-16-9-5-4-6-11-18-13-10-14-19-12-7-8-15-20(18)19/h6-8,10-15H,4-5,9,16-17H2,1-3H3. The molecule has 0 bridgehead atoms. The lowest BCUT2D eigenvalue weighted by atomic mass is 10.0. The Morgan fingerprint density at radius 3 is 2.60 bits per heavy atom. The maximum atomic E-state index is 11.5. The highest BCUT2D eigenvalue weighted by atomic mass is 16.6. The highest BCUT2D eigenvalue weighted by Crippen LogP contribution is 2.19. The average Bonchev–Trinajstić information content (AvgIpc) is 2.55. The number of hydrogen-bond acceptors (Lipinski definition) is 3. The molecular formula is C22H28O3. The van der Waals surface area contributed by atoms with Gasteiger partial charge in [-0.3, -0.25) is 0 Å². The number of fused-ring (bicyclic) bond motifs is 1. The largest absolute Gasteiger partial charge is 0.458 e. The summed E-state index contributed by atoms with van der Waals surface area (Å²) in [5, 5.41) is 2.54. The second-order valence-electron chi connectivity index (χ2n) is 7.11. The van der Waals surface area contributed by atoms with Crippen molar-refractivity contribution in [2.45, 2.75) is 45.6 Å². The quantitative estimate of drug-likeness (QED) is 0.478. The molecule has 0 spiro atoms. The van der Waals surface area contributed by atoms with Crippen LogP contribution in [0.5, 0.6) is 0 Å². The maximum absolute atomic E-state index is 11.5. The van der Waals surface area contributed by atoms with E-state index in [1.165, 1.54) is 16.3 Å². The van der Waals surface area contributed by atoms with Crippen LogP contribution in [0.2, 0.25) is 0 Å². The molecule has 0 saturated carbocycles. The van der Waals surface area contributed by atoms with E-state index in [0.29, 0.717) is 6.61 Å². The molecule has 0 fully saturated rings. The average molecular weight is 340 g/mol. The van der Waals surface area contributed by atoms with Crippen LogP contribution in [0.15, 0.2) is 48.5 Å². The lowest BCUT2D eigenvalue weighted by Gasteiger charge is -2.19. The van der Waals surface area contributed by atoms with E-state index in [9.17, 15) is 4.79 Å². The number of esters is 1. The first-order valence-corrected chi connectivity index (χ1v) is 8.89. The lowest BCUT2D eigenvalue weighted by molar-refractivity contribution is -0.160. The Balaban J connectivity index is 1.64. The summed E-state index contributed by atoms with van der Waals surface area (Å²) in [6.07, 6.45) is 7.36. The highest BCUT2D eigenvalue weighted by Gasteiger charge is 2.15. The van der Waals surface area contributed by atoms with Crippen molar-refractivity contribution in [1.82, 2.24) is 0 Å². The van der Waals surface area contributed by atoms with E-state index in [2.05, 4.69) is 54.6 Å². The zero-order valence-electron chi connectivity index (χ0n) is 15.5. The van der Waals surface area contributed by atoms with Gasteiger partial charge in [-0.1, -0.05) is 54.6 Å². The van der Waals surface area contributed by atoms with Gasteiger partial charge in [-0.05, 0) is 56.4 Å². The minimum atomic E-state index is -0.452. The first kappa shape index (κ1) is 19.2. The van der Waals surface area contributed by atoms with Gasteiger partial charge in [0.2, 0.25) is 0 Å². The fourth-order valence-electron chi connectivity index (χ4n) is 2.60. The topological polar surface area (TPSA) is 35.5 Å². The second kappa shape index (κ2) is 9.38. The number of allylic oxidation sites excluding steroid dienone is 1. The van der Waals surface area contributed by atoms with Crippen LogP contribution in [0, 0.1) is 0 Å². The van der Waals surface area contributed by atoms with E-state index in [4.69, 9.17) is 9.47 Å². The van der Waals surface area contributed by atoms with Gasteiger partial charge in [0, 0.05) is 6.61 Å². The molecule has 0 aliphatic rings. The molecule has 0 heterocycles. The van der Waals surface area contributed by atoms with E-state index in [1.54, 1.807) is 0 Å². The Morgan fingerprint density at radius 1 is 1.04 bits per heavy atom. The molecule has 0 aromatic heterocycles. The van der Waals surface area contributed by atoms with Gasteiger partial charge in [-0.2, -0.15) is 0 Å². The molecule has 0 saturated heterocycles. The predicted molar refractivity (Wildman–Crippen MR) is 103 cm³/mol. The van der Waals surface area contributed by atoms with Gasteiger partial charge in [0.1, 0.15) is 12.2 Å². The van der Waals surface area contributed by atoms with Crippen LogP contribution in [-0.4, -0.2) is 24.8 Å². The third-order valence-electron chi connectivity index (χ3n) is 3.67. The Labute approximate surface area is 150 Å². The Bertz CT molecular complexity index is 705. The molecule has 134 valence electrons. The van der Waals surface area contributed by atoms with Crippen molar-refractivity contribution in [1.29, 1.82) is 0 Å². The van der Waals surface area contributed by atoms with E-state index in [1.807, 2.05) is 20.8 Å². The van der Waals surface area contributed by atoms with Crippen molar-refractivity contribution < 1.29 is 14.3 Å². The molecule has 0 amide bonds. The molecule has 25 heavy (non-hydrogen) atoms. The first-order valence-electron chi connectivity index (χ1n) is 8.89. The molecule has 3 nitrogen and oxygen atoms in total. The lowest BCUT2D eigenvalue weighted by Crippen LogP contribution is -2.26. The minimum absolute atomic E-state index is 0.0309. The Kier molecular flexibility index (Phi) is 7.20. The third-order valence-corrected chi connectivity index (χ3v) is 3.67. The van der Waals surface area contributed by atoms with E-state index in [-0.39, 0.29) is 12.6 Å². The number of benzene rings is 2. The summed E-state index contributed by atoms with van der Waals surface area (Å²) in [7, 11) is 0. The van der Waals surface area contributed by atoms with Crippen LogP contribution in [-0.2, 0) is 14.3 Å². The number of carbonyl (C=O) groups excluding carboxylic acids is 1. The molecule has 0 aliphatic heterocycles. The van der Waals surface area contributed by atoms with Crippen LogP contribution in [0.1, 0.15) is 45.6 Å².